The Kier molecular flexibility index (Phi) is 5.30. The van der Waals surface area contributed by atoms with Crippen molar-refractivity contribution in [2.24, 2.45) is 0 Å². The van der Waals surface area contributed by atoms with E-state index in [4.69, 9.17) is 11.6 Å². The van der Waals surface area contributed by atoms with Crippen LogP contribution in [0.3, 0.4) is 0 Å². The molecule has 0 aliphatic rings. The van der Waals surface area contributed by atoms with Crippen LogP contribution in [0.2, 0.25) is 5.02 Å². The van der Waals surface area contributed by atoms with Crippen molar-refractivity contribution in [3.8, 4) is 11.1 Å². The van der Waals surface area contributed by atoms with Gasteiger partial charge in [0.15, 0.2) is 5.69 Å². The van der Waals surface area contributed by atoms with E-state index in [1.54, 1.807) is 24.3 Å². The molecule has 2 aromatic rings. The van der Waals surface area contributed by atoms with Crippen LogP contribution in [0.5, 0.6) is 0 Å². The molecule has 0 saturated carbocycles. The van der Waals surface area contributed by atoms with Gasteiger partial charge in [-0.05, 0) is 20.2 Å². The van der Waals surface area contributed by atoms with Gasteiger partial charge in [-0.25, -0.2) is 14.8 Å². The largest absolute Gasteiger partial charge is 0.476 e. The summed E-state index contributed by atoms with van der Waals surface area (Å²) in [6.45, 7) is 1.41. The second-order valence-corrected chi connectivity index (χ2v) is 5.38. The third kappa shape index (κ3) is 3.93. The summed E-state index contributed by atoms with van der Waals surface area (Å²) in [7, 11) is 3.90. The van der Waals surface area contributed by atoms with Crippen molar-refractivity contribution in [1.82, 2.24) is 14.9 Å². The van der Waals surface area contributed by atoms with Gasteiger partial charge in [0.2, 0.25) is 5.95 Å². The molecule has 0 radical (unpaired) electrons. The van der Waals surface area contributed by atoms with Crippen LogP contribution >= 0.6 is 11.6 Å². The molecule has 1 aromatic heterocycles. The van der Waals surface area contributed by atoms with Gasteiger partial charge in [-0.3, -0.25) is 0 Å². The lowest BCUT2D eigenvalue weighted by atomic mass is 10.1. The van der Waals surface area contributed by atoms with Crippen LogP contribution in [0.4, 0.5) is 5.95 Å². The predicted molar refractivity (Wildman–Crippen MR) is 86.5 cm³/mol. The highest BCUT2D eigenvalue weighted by atomic mass is 35.5. The summed E-state index contributed by atoms with van der Waals surface area (Å²) in [5, 5.41) is 12.9. The average Bonchev–Trinajstić information content (AvgIpc) is 2.47. The van der Waals surface area contributed by atoms with Crippen molar-refractivity contribution in [3.63, 3.8) is 0 Å². The number of hydrogen-bond donors (Lipinski definition) is 2. The second-order valence-electron chi connectivity index (χ2n) is 4.97. The van der Waals surface area contributed by atoms with Crippen molar-refractivity contribution in [3.05, 3.63) is 41.2 Å². The fourth-order valence-corrected chi connectivity index (χ4v) is 2.14. The summed E-state index contributed by atoms with van der Waals surface area (Å²) in [6, 6.07) is 7.01. The number of nitrogens with one attached hydrogen (secondary N) is 1. The number of carboxylic acid groups (broad SMARTS) is 1. The Hall–Kier alpha value is -2.18. The molecule has 1 aromatic carbocycles. The van der Waals surface area contributed by atoms with Crippen LogP contribution < -0.4 is 5.32 Å². The SMILES string of the molecule is CN(C)CCNc1ncc(-c2ccccc2Cl)c(C(=O)O)n1. The number of nitrogens with zero attached hydrogens (tertiary/aromatic N) is 3. The van der Waals surface area contributed by atoms with Crippen LogP contribution in [0.15, 0.2) is 30.5 Å². The van der Waals surface area contributed by atoms with Gasteiger partial charge in [-0.1, -0.05) is 29.8 Å². The minimum atomic E-state index is -1.12. The number of aromatic nitrogens is 2. The number of anilines is 1. The first kappa shape index (κ1) is 16.2. The topological polar surface area (TPSA) is 78.4 Å². The summed E-state index contributed by atoms with van der Waals surface area (Å²) >= 11 is 6.12. The van der Waals surface area contributed by atoms with E-state index < -0.39 is 5.97 Å². The molecule has 0 bridgehead atoms. The Bertz CT molecular complexity index is 676. The van der Waals surface area contributed by atoms with E-state index in [-0.39, 0.29) is 11.6 Å². The van der Waals surface area contributed by atoms with Crippen LogP contribution in [0.1, 0.15) is 10.5 Å². The minimum Gasteiger partial charge on any atom is -0.476 e. The molecule has 0 saturated heterocycles. The van der Waals surface area contributed by atoms with Crippen molar-refractivity contribution >= 4 is 23.5 Å². The molecule has 0 atom stereocenters. The summed E-state index contributed by atoms with van der Waals surface area (Å²) in [5.74, 6) is -0.831. The third-order valence-corrected chi connectivity index (χ3v) is 3.33. The first-order chi connectivity index (χ1) is 10.5. The number of aromatic carboxylic acids is 1. The van der Waals surface area contributed by atoms with Gasteiger partial charge in [-0.2, -0.15) is 0 Å². The van der Waals surface area contributed by atoms with Crippen LogP contribution in [0, 0.1) is 0 Å². The molecular weight excluding hydrogens is 304 g/mol. The van der Waals surface area contributed by atoms with Crippen LogP contribution in [-0.2, 0) is 0 Å². The van der Waals surface area contributed by atoms with E-state index in [1.165, 1.54) is 6.20 Å². The van der Waals surface area contributed by atoms with Gasteiger partial charge in [0, 0.05) is 35.4 Å². The zero-order valence-corrected chi connectivity index (χ0v) is 13.1. The van der Waals surface area contributed by atoms with Crippen LogP contribution in [0.25, 0.3) is 11.1 Å². The Balaban J connectivity index is 2.32. The Morgan fingerprint density at radius 2 is 2.05 bits per heavy atom. The summed E-state index contributed by atoms with van der Waals surface area (Å²) in [6.07, 6.45) is 1.48. The first-order valence-corrected chi connectivity index (χ1v) is 7.10. The number of carbonyl (C=O) groups is 1. The molecule has 0 unspecified atom stereocenters. The average molecular weight is 321 g/mol. The summed E-state index contributed by atoms with van der Waals surface area (Å²) in [5.41, 5.74) is 0.924. The molecule has 2 rings (SSSR count). The minimum absolute atomic E-state index is 0.0737. The quantitative estimate of drug-likeness (QED) is 0.851. The molecule has 0 fully saturated rings. The number of rotatable bonds is 6. The highest BCUT2D eigenvalue weighted by molar-refractivity contribution is 6.33. The molecule has 116 valence electrons. The Morgan fingerprint density at radius 3 is 2.68 bits per heavy atom. The van der Waals surface area contributed by atoms with Gasteiger partial charge in [-0.15, -0.1) is 0 Å². The number of hydrogen-bond acceptors (Lipinski definition) is 5. The van der Waals surface area contributed by atoms with Gasteiger partial charge in [0.1, 0.15) is 0 Å². The van der Waals surface area contributed by atoms with Crippen molar-refractivity contribution < 1.29 is 9.90 Å². The lowest BCUT2D eigenvalue weighted by Crippen LogP contribution is -2.22. The van der Waals surface area contributed by atoms with E-state index in [0.717, 1.165) is 6.54 Å². The fourth-order valence-electron chi connectivity index (χ4n) is 1.90. The van der Waals surface area contributed by atoms with E-state index in [0.29, 0.717) is 22.7 Å². The monoisotopic (exact) mass is 320 g/mol. The molecular formula is C15H17ClN4O2. The van der Waals surface area contributed by atoms with E-state index in [2.05, 4.69) is 15.3 Å². The maximum absolute atomic E-state index is 11.5. The molecule has 0 aliphatic carbocycles. The second kappa shape index (κ2) is 7.20. The lowest BCUT2D eigenvalue weighted by Gasteiger charge is -2.12. The van der Waals surface area contributed by atoms with Gasteiger partial charge in [0.05, 0.1) is 0 Å². The first-order valence-electron chi connectivity index (χ1n) is 6.73. The Labute approximate surface area is 133 Å². The molecule has 0 amide bonds. The van der Waals surface area contributed by atoms with Gasteiger partial charge < -0.3 is 15.3 Å². The number of halogens is 1. The lowest BCUT2D eigenvalue weighted by molar-refractivity contribution is 0.0691. The molecule has 0 spiro atoms. The van der Waals surface area contributed by atoms with Gasteiger partial charge >= 0.3 is 5.97 Å². The third-order valence-electron chi connectivity index (χ3n) is 3.00. The van der Waals surface area contributed by atoms with Crippen molar-refractivity contribution in [2.45, 2.75) is 0 Å². The normalized spacial score (nSPS) is 10.7. The molecule has 6 nitrogen and oxygen atoms in total. The zero-order chi connectivity index (χ0) is 16.1. The van der Waals surface area contributed by atoms with E-state index in [9.17, 15) is 9.90 Å². The van der Waals surface area contributed by atoms with Gasteiger partial charge in [0.25, 0.3) is 0 Å². The maximum atomic E-state index is 11.5. The Morgan fingerprint density at radius 1 is 1.32 bits per heavy atom. The molecule has 7 heteroatoms. The highest BCUT2D eigenvalue weighted by Gasteiger charge is 2.17. The number of benzene rings is 1. The van der Waals surface area contributed by atoms with E-state index in [1.807, 2.05) is 19.0 Å². The smallest absolute Gasteiger partial charge is 0.355 e. The molecule has 2 N–H and O–H groups in total. The molecule has 0 aliphatic heterocycles. The summed E-state index contributed by atoms with van der Waals surface area (Å²) in [4.78, 5) is 21.7. The number of likely N-dealkylation sites (N-methyl/N-ethyl adjacent to an activating group) is 1. The predicted octanol–water partition coefficient (Wildman–Crippen LogP) is 2.47. The fraction of sp³-hybridized carbons (Fsp3) is 0.267. The standard InChI is InChI=1S/C15H17ClN4O2/c1-20(2)8-7-17-15-18-9-11(13(19-15)14(21)22)10-5-3-4-6-12(10)16/h3-6,9H,7-8H2,1-2H3,(H,21,22)(H,17,18,19). The zero-order valence-electron chi connectivity index (χ0n) is 12.4. The van der Waals surface area contributed by atoms with Crippen molar-refractivity contribution in [2.75, 3.05) is 32.5 Å². The van der Waals surface area contributed by atoms with E-state index >= 15 is 0 Å². The summed E-state index contributed by atoms with van der Waals surface area (Å²) < 4.78 is 0. The molecule has 1 heterocycles. The maximum Gasteiger partial charge on any atom is 0.355 e. The number of carboxylic acids is 1. The highest BCUT2D eigenvalue weighted by Crippen LogP contribution is 2.29. The van der Waals surface area contributed by atoms with Crippen LogP contribution in [-0.4, -0.2) is 53.1 Å². The molecule has 22 heavy (non-hydrogen) atoms. The van der Waals surface area contributed by atoms with Crippen molar-refractivity contribution in [1.29, 1.82) is 0 Å².